The van der Waals surface area contributed by atoms with Gasteiger partial charge in [-0.15, -0.1) is 0 Å². The molecule has 0 saturated carbocycles. The molecule has 226 valence electrons. The lowest BCUT2D eigenvalue weighted by Gasteiger charge is -2.19. The minimum Gasteiger partial charge on any atom is -0.493 e. The lowest BCUT2D eigenvalue weighted by molar-refractivity contribution is 0.0675. The molecule has 3 aromatic carbocycles. The minimum atomic E-state index is -0.191. The molecule has 7 rings (SSSR count). The number of aliphatic imine (C=N–C) groups is 2. The van der Waals surface area contributed by atoms with E-state index in [-0.39, 0.29) is 50.6 Å². The average molecular weight is 599 g/mol. The maximum atomic E-state index is 13.1. The molecule has 0 bridgehead atoms. The Balaban J connectivity index is 1.06. The molecule has 4 aliphatic rings. The Morgan fingerprint density at radius 1 is 0.705 bits per heavy atom. The van der Waals surface area contributed by atoms with Gasteiger partial charge in [0.15, 0.2) is 23.0 Å². The van der Waals surface area contributed by atoms with Crippen LogP contribution in [0.15, 0.2) is 58.5 Å². The van der Waals surface area contributed by atoms with Crippen molar-refractivity contribution in [3.63, 3.8) is 0 Å². The van der Waals surface area contributed by atoms with E-state index in [9.17, 15) is 9.59 Å². The summed E-state index contributed by atoms with van der Waals surface area (Å²) in [5, 5.41) is 0. The summed E-state index contributed by atoms with van der Waals surface area (Å²) >= 11 is 0. The van der Waals surface area contributed by atoms with Gasteiger partial charge in [0.1, 0.15) is 26.7 Å². The molecule has 4 aliphatic heterocycles. The standard InChI is InChI=1S/C32H30N4O8/c1-39-27-7-23-25(33-11-21-15-41-17-35(21)31(23)37)9-29(27)43-13-19-4-3-5-20(6-19)14-44-30-10-26-24(8-28(30)40-2)32(38)36-18-42-16-22(36)12-34-26/h3-12,21-22H,13-18H2,1-2H3/t21-,22-/m1/s1. The van der Waals surface area contributed by atoms with E-state index in [4.69, 9.17) is 28.4 Å². The van der Waals surface area contributed by atoms with Crippen molar-refractivity contribution in [1.82, 2.24) is 9.80 Å². The van der Waals surface area contributed by atoms with Crippen molar-refractivity contribution in [2.24, 2.45) is 9.98 Å². The van der Waals surface area contributed by atoms with Gasteiger partial charge in [0.2, 0.25) is 0 Å². The van der Waals surface area contributed by atoms with E-state index in [1.807, 2.05) is 24.3 Å². The van der Waals surface area contributed by atoms with Crippen molar-refractivity contribution in [2.45, 2.75) is 25.3 Å². The molecule has 0 spiro atoms. The van der Waals surface area contributed by atoms with Gasteiger partial charge in [-0.3, -0.25) is 19.6 Å². The predicted molar refractivity (Wildman–Crippen MR) is 159 cm³/mol. The molecule has 2 amide bonds. The third kappa shape index (κ3) is 5.12. The fraction of sp³-hybridized carbons (Fsp3) is 0.312. The number of fused-ring (bicyclic) bond motifs is 4. The van der Waals surface area contributed by atoms with Crippen molar-refractivity contribution in [1.29, 1.82) is 0 Å². The topological polar surface area (TPSA) is 121 Å². The van der Waals surface area contributed by atoms with Crippen LogP contribution in [0.1, 0.15) is 31.8 Å². The molecule has 4 heterocycles. The molecule has 12 heteroatoms. The molecule has 2 fully saturated rings. The summed E-state index contributed by atoms with van der Waals surface area (Å²) in [5.74, 6) is 1.53. The number of benzene rings is 3. The van der Waals surface area contributed by atoms with Crippen molar-refractivity contribution in [2.75, 3.05) is 40.9 Å². The number of methoxy groups -OCH3 is 2. The summed E-state index contributed by atoms with van der Waals surface area (Å²) in [7, 11) is 3.07. The molecule has 12 nitrogen and oxygen atoms in total. The van der Waals surface area contributed by atoms with Crippen LogP contribution < -0.4 is 18.9 Å². The highest BCUT2D eigenvalue weighted by Crippen LogP contribution is 2.39. The number of hydrogen-bond acceptors (Lipinski definition) is 10. The number of carbonyl (C=O) groups is 2. The van der Waals surface area contributed by atoms with Gasteiger partial charge < -0.3 is 38.2 Å². The van der Waals surface area contributed by atoms with Crippen LogP contribution in [0.4, 0.5) is 11.4 Å². The van der Waals surface area contributed by atoms with E-state index in [0.717, 1.165) is 11.1 Å². The zero-order valence-electron chi connectivity index (χ0n) is 24.2. The van der Waals surface area contributed by atoms with Crippen molar-refractivity contribution < 1.29 is 38.0 Å². The zero-order valence-corrected chi connectivity index (χ0v) is 24.2. The van der Waals surface area contributed by atoms with Crippen LogP contribution in [0.3, 0.4) is 0 Å². The van der Waals surface area contributed by atoms with Gasteiger partial charge in [0, 0.05) is 24.6 Å². The van der Waals surface area contributed by atoms with Crippen molar-refractivity contribution >= 4 is 35.6 Å². The SMILES string of the molecule is COc1cc2c(cc1OCc1cccc(COc3cc4c(cc3OC)C(=O)N3COC[C@H]3C=N4)c1)N=C[C@@H]1COCN1C2=O. The van der Waals surface area contributed by atoms with Crippen molar-refractivity contribution in [3.05, 3.63) is 70.8 Å². The molecule has 2 saturated heterocycles. The Labute approximate surface area is 253 Å². The minimum absolute atomic E-state index is 0.156. The molecule has 0 aliphatic carbocycles. The maximum Gasteiger partial charge on any atom is 0.258 e. The monoisotopic (exact) mass is 598 g/mol. The quantitative estimate of drug-likeness (QED) is 0.383. The zero-order chi connectivity index (χ0) is 30.2. The first-order chi connectivity index (χ1) is 21.5. The van der Waals surface area contributed by atoms with Crippen LogP contribution >= 0.6 is 0 Å². The van der Waals surface area contributed by atoms with Gasteiger partial charge in [0.05, 0.1) is 62.0 Å². The van der Waals surface area contributed by atoms with E-state index < -0.39 is 0 Å². The largest absolute Gasteiger partial charge is 0.493 e. The van der Waals surface area contributed by atoms with Crippen molar-refractivity contribution in [3.8, 4) is 23.0 Å². The average Bonchev–Trinajstić information content (AvgIpc) is 3.68. The Kier molecular flexibility index (Phi) is 7.36. The van der Waals surface area contributed by atoms with Crippen LogP contribution in [0.25, 0.3) is 0 Å². The Hall–Kier alpha value is -4.94. The van der Waals surface area contributed by atoms with Gasteiger partial charge >= 0.3 is 0 Å². The lowest BCUT2D eigenvalue weighted by Crippen LogP contribution is -2.36. The van der Waals surface area contributed by atoms with E-state index >= 15 is 0 Å². The summed E-state index contributed by atoms with van der Waals surface area (Å²) < 4.78 is 34.3. The summed E-state index contributed by atoms with van der Waals surface area (Å²) in [6.07, 6.45) is 3.47. The van der Waals surface area contributed by atoms with E-state index in [1.54, 1.807) is 46.5 Å². The lowest BCUT2D eigenvalue weighted by atomic mass is 10.1. The first-order valence-corrected chi connectivity index (χ1v) is 14.2. The molecule has 3 aromatic rings. The van der Waals surface area contributed by atoms with Crippen LogP contribution in [0.2, 0.25) is 0 Å². The van der Waals surface area contributed by atoms with Gasteiger partial charge in [-0.25, -0.2) is 0 Å². The molecule has 0 N–H and O–H groups in total. The molecular weight excluding hydrogens is 568 g/mol. The molecule has 44 heavy (non-hydrogen) atoms. The highest BCUT2D eigenvalue weighted by molar-refractivity contribution is 6.04. The van der Waals surface area contributed by atoms with E-state index in [1.165, 1.54) is 14.2 Å². The number of rotatable bonds is 8. The highest BCUT2D eigenvalue weighted by Gasteiger charge is 2.34. The second kappa shape index (κ2) is 11.6. The second-order valence-corrected chi connectivity index (χ2v) is 10.7. The number of carbonyl (C=O) groups excluding carboxylic acids is 2. The number of ether oxygens (including phenoxy) is 6. The molecule has 2 atom stereocenters. The first kappa shape index (κ1) is 27.9. The van der Waals surface area contributed by atoms with Gasteiger partial charge in [-0.2, -0.15) is 0 Å². The fourth-order valence-corrected chi connectivity index (χ4v) is 5.55. The van der Waals surface area contributed by atoms with Gasteiger partial charge in [-0.1, -0.05) is 18.2 Å². The number of amides is 2. The smallest absolute Gasteiger partial charge is 0.258 e. The Bertz CT molecular complexity index is 1570. The molecule has 0 radical (unpaired) electrons. The normalized spacial score (nSPS) is 20.0. The molecule has 0 aromatic heterocycles. The summed E-state index contributed by atoms with van der Waals surface area (Å²) in [6.45, 7) is 1.82. The molecule has 0 unspecified atom stereocenters. The predicted octanol–water partition coefficient (Wildman–Crippen LogP) is 3.89. The molecular formula is C32H30N4O8. The third-order valence-electron chi connectivity index (χ3n) is 7.94. The van der Waals surface area contributed by atoms with Crippen LogP contribution in [-0.4, -0.2) is 87.0 Å². The summed E-state index contributed by atoms with van der Waals surface area (Å²) in [4.78, 5) is 38.5. The van der Waals surface area contributed by atoms with Crippen LogP contribution in [0, 0.1) is 0 Å². The van der Waals surface area contributed by atoms with E-state index in [2.05, 4.69) is 9.98 Å². The van der Waals surface area contributed by atoms with Gasteiger partial charge in [-0.05, 0) is 29.3 Å². The Morgan fingerprint density at radius 3 is 1.64 bits per heavy atom. The van der Waals surface area contributed by atoms with Gasteiger partial charge in [0.25, 0.3) is 11.8 Å². The third-order valence-corrected chi connectivity index (χ3v) is 7.94. The summed E-state index contributed by atoms with van der Waals surface area (Å²) in [6, 6.07) is 14.2. The van der Waals surface area contributed by atoms with Crippen LogP contribution in [0.5, 0.6) is 23.0 Å². The number of hydrogen-bond donors (Lipinski definition) is 0. The van der Waals surface area contributed by atoms with Crippen LogP contribution in [-0.2, 0) is 22.7 Å². The highest BCUT2D eigenvalue weighted by atomic mass is 16.5. The van der Waals surface area contributed by atoms with E-state index in [0.29, 0.717) is 58.7 Å². The Morgan fingerprint density at radius 2 is 1.18 bits per heavy atom. The summed E-state index contributed by atoms with van der Waals surface area (Å²) in [5.41, 5.74) is 3.75. The maximum absolute atomic E-state index is 13.1. The number of nitrogens with zero attached hydrogens (tertiary/aromatic N) is 4. The second-order valence-electron chi connectivity index (χ2n) is 10.7. The first-order valence-electron chi connectivity index (χ1n) is 14.2. The fourth-order valence-electron chi connectivity index (χ4n) is 5.55.